The highest BCUT2D eigenvalue weighted by molar-refractivity contribution is 9.10. The van der Waals surface area contributed by atoms with Crippen molar-refractivity contribution in [3.63, 3.8) is 0 Å². The highest BCUT2D eigenvalue weighted by Crippen LogP contribution is 2.33. The number of likely N-dealkylation sites (N-methyl/N-ethyl adjacent to an activating group) is 1. The van der Waals surface area contributed by atoms with E-state index >= 15 is 0 Å². The van der Waals surface area contributed by atoms with Gasteiger partial charge in [0.2, 0.25) is 0 Å². The Kier molecular flexibility index (Phi) is 5.75. The van der Waals surface area contributed by atoms with Crippen molar-refractivity contribution < 1.29 is 4.79 Å². The molecule has 0 atom stereocenters. The maximum atomic E-state index is 13.3. The molecule has 0 N–H and O–H groups in total. The van der Waals surface area contributed by atoms with Crippen molar-refractivity contribution in [3.8, 4) is 0 Å². The van der Waals surface area contributed by atoms with Crippen molar-refractivity contribution in [2.45, 2.75) is 13.8 Å². The first-order chi connectivity index (χ1) is 12.4. The van der Waals surface area contributed by atoms with Gasteiger partial charge in [0.1, 0.15) is 0 Å². The topological polar surface area (TPSA) is 36.4 Å². The van der Waals surface area contributed by atoms with Crippen LogP contribution in [0.15, 0.2) is 40.9 Å². The van der Waals surface area contributed by atoms with E-state index < -0.39 is 0 Å². The molecule has 0 aliphatic heterocycles. The lowest BCUT2D eigenvalue weighted by Crippen LogP contribution is -2.36. The molecular formula is C20H22BrN3OS. The molecule has 6 heteroatoms. The fourth-order valence-corrected chi connectivity index (χ4v) is 4.46. The second-order valence-electron chi connectivity index (χ2n) is 6.66. The van der Waals surface area contributed by atoms with Crippen LogP contribution in [0.5, 0.6) is 0 Å². The Bertz CT molecular complexity index is 951. The van der Waals surface area contributed by atoms with Gasteiger partial charge >= 0.3 is 0 Å². The van der Waals surface area contributed by atoms with E-state index in [9.17, 15) is 4.79 Å². The van der Waals surface area contributed by atoms with Gasteiger partial charge in [-0.3, -0.25) is 9.69 Å². The smallest absolute Gasteiger partial charge is 0.261 e. The van der Waals surface area contributed by atoms with Gasteiger partial charge in [-0.15, -0.1) is 0 Å². The number of fused-ring (bicyclic) bond motifs is 1. The first-order valence-electron chi connectivity index (χ1n) is 8.45. The number of rotatable bonds is 5. The van der Waals surface area contributed by atoms with Gasteiger partial charge in [0.05, 0.1) is 15.8 Å². The van der Waals surface area contributed by atoms with Crippen LogP contribution in [-0.2, 0) is 0 Å². The molecule has 0 bridgehead atoms. The van der Waals surface area contributed by atoms with Gasteiger partial charge in [-0.1, -0.05) is 29.5 Å². The number of hydrogen-bond donors (Lipinski definition) is 0. The van der Waals surface area contributed by atoms with Crippen molar-refractivity contribution in [1.82, 2.24) is 9.88 Å². The summed E-state index contributed by atoms with van der Waals surface area (Å²) in [5.74, 6) is -0.0345. The summed E-state index contributed by atoms with van der Waals surface area (Å²) >= 11 is 5.07. The summed E-state index contributed by atoms with van der Waals surface area (Å²) in [6, 6.07) is 11.8. The molecule has 0 saturated carbocycles. The van der Waals surface area contributed by atoms with Gasteiger partial charge in [0.15, 0.2) is 5.13 Å². The Morgan fingerprint density at radius 2 is 1.88 bits per heavy atom. The predicted molar refractivity (Wildman–Crippen MR) is 113 cm³/mol. The molecule has 0 saturated heterocycles. The quantitative estimate of drug-likeness (QED) is 0.577. The van der Waals surface area contributed by atoms with Crippen molar-refractivity contribution in [2.75, 3.05) is 32.1 Å². The number of thiazole rings is 1. The maximum absolute atomic E-state index is 13.3. The molecule has 0 fully saturated rings. The van der Waals surface area contributed by atoms with E-state index in [0.29, 0.717) is 12.1 Å². The molecule has 3 rings (SSSR count). The highest BCUT2D eigenvalue weighted by Gasteiger charge is 2.23. The largest absolute Gasteiger partial charge is 0.308 e. The van der Waals surface area contributed by atoms with Crippen LogP contribution < -0.4 is 4.90 Å². The van der Waals surface area contributed by atoms with Crippen molar-refractivity contribution in [2.24, 2.45) is 0 Å². The normalized spacial score (nSPS) is 11.3. The Labute approximate surface area is 166 Å². The van der Waals surface area contributed by atoms with E-state index in [1.165, 1.54) is 5.56 Å². The minimum atomic E-state index is -0.0345. The van der Waals surface area contributed by atoms with E-state index in [-0.39, 0.29) is 5.91 Å². The van der Waals surface area contributed by atoms with Gasteiger partial charge < -0.3 is 4.90 Å². The first kappa shape index (κ1) is 19.0. The summed E-state index contributed by atoms with van der Waals surface area (Å²) < 4.78 is 1.92. The number of aromatic nitrogens is 1. The standard InChI is InChI=1S/C20H22BrN3OS/c1-13-11-14(2)18-17(12-13)26-20(22-18)24(10-9-23(3)4)19(25)15-7-5-6-8-16(15)21/h5-8,11-12H,9-10H2,1-4H3. The van der Waals surface area contributed by atoms with Crippen LogP contribution in [0.2, 0.25) is 0 Å². The van der Waals surface area contributed by atoms with Gasteiger partial charge in [-0.25, -0.2) is 4.98 Å². The number of carbonyl (C=O) groups is 1. The Morgan fingerprint density at radius 3 is 2.58 bits per heavy atom. The van der Waals surface area contributed by atoms with Crippen LogP contribution in [0.3, 0.4) is 0 Å². The molecule has 0 unspecified atom stereocenters. The van der Waals surface area contributed by atoms with Crippen LogP contribution in [0, 0.1) is 13.8 Å². The van der Waals surface area contributed by atoms with E-state index in [1.54, 1.807) is 16.2 Å². The predicted octanol–water partition coefficient (Wildman–Crippen LogP) is 4.88. The van der Waals surface area contributed by atoms with Gasteiger partial charge in [0.25, 0.3) is 5.91 Å². The summed E-state index contributed by atoms with van der Waals surface area (Å²) in [7, 11) is 4.01. The third-order valence-corrected chi connectivity index (χ3v) is 5.89. The minimum absolute atomic E-state index is 0.0345. The van der Waals surface area contributed by atoms with Gasteiger partial charge in [0, 0.05) is 17.6 Å². The third kappa shape index (κ3) is 3.98. The Hall–Kier alpha value is -1.76. The monoisotopic (exact) mass is 431 g/mol. The number of amides is 1. The summed E-state index contributed by atoms with van der Waals surface area (Å²) in [6.07, 6.45) is 0. The van der Waals surface area contributed by atoms with Gasteiger partial charge in [-0.2, -0.15) is 0 Å². The molecule has 1 heterocycles. The molecule has 0 radical (unpaired) electrons. The summed E-state index contributed by atoms with van der Waals surface area (Å²) in [5.41, 5.74) is 3.98. The van der Waals surface area contributed by atoms with Crippen molar-refractivity contribution in [3.05, 3.63) is 57.6 Å². The molecule has 26 heavy (non-hydrogen) atoms. The lowest BCUT2D eigenvalue weighted by atomic mass is 10.1. The molecule has 136 valence electrons. The number of benzene rings is 2. The van der Waals surface area contributed by atoms with Crippen LogP contribution >= 0.6 is 27.3 Å². The summed E-state index contributed by atoms with van der Waals surface area (Å²) in [6.45, 7) is 5.51. The zero-order valence-corrected chi connectivity index (χ0v) is 17.8. The summed E-state index contributed by atoms with van der Waals surface area (Å²) in [4.78, 5) is 21.9. The fraction of sp³-hybridized carbons (Fsp3) is 0.300. The second-order valence-corrected chi connectivity index (χ2v) is 8.53. The number of halogens is 1. The van der Waals surface area contributed by atoms with E-state index in [4.69, 9.17) is 4.98 Å². The van der Waals surface area contributed by atoms with Crippen LogP contribution in [-0.4, -0.2) is 43.0 Å². The second kappa shape index (κ2) is 7.86. The molecule has 1 aromatic heterocycles. The third-order valence-electron chi connectivity index (χ3n) is 4.17. The average molecular weight is 432 g/mol. The Balaban J connectivity index is 2.05. The Morgan fingerprint density at radius 1 is 1.15 bits per heavy atom. The number of anilines is 1. The minimum Gasteiger partial charge on any atom is -0.308 e. The zero-order valence-electron chi connectivity index (χ0n) is 15.4. The lowest BCUT2D eigenvalue weighted by molar-refractivity contribution is 0.0984. The lowest BCUT2D eigenvalue weighted by Gasteiger charge is -2.22. The zero-order chi connectivity index (χ0) is 18.8. The van der Waals surface area contributed by atoms with Crippen LogP contribution in [0.1, 0.15) is 21.5 Å². The molecule has 2 aromatic carbocycles. The SMILES string of the molecule is Cc1cc(C)c2nc(N(CCN(C)C)C(=O)c3ccccc3Br)sc2c1. The van der Waals surface area contributed by atoms with E-state index in [2.05, 4.69) is 46.8 Å². The van der Waals surface area contributed by atoms with E-state index in [0.717, 1.165) is 31.9 Å². The number of aryl methyl sites for hydroxylation is 2. The molecule has 0 spiro atoms. The van der Waals surface area contributed by atoms with E-state index in [1.807, 2.05) is 38.4 Å². The summed E-state index contributed by atoms with van der Waals surface area (Å²) in [5, 5.41) is 0.747. The molecule has 0 aliphatic rings. The molecule has 3 aromatic rings. The molecule has 0 aliphatic carbocycles. The molecular weight excluding hydrogens is 410 g/mol. The van der Waals surface area contributed by atoms with Crippen LogP contribution in [0.25, 0.3) is 10.2 Å². The maximum Gasteiger partial charge on any atom is 0.261 e. The van der Waals surface area contributed by atoms with Crippen molar-refractivity contribution in [1.29, 1.82) is 0 Å². The highest BCUT2D eigenvalue weighted by atomic mass is 79.9. The van der Waals surface area contributed by atoms with Crippen LogP contribution in [0.4, 0.5) is 5.13 Å². The van der Waals surface area contributed by atoms with Crippen molar-refractivity contribution >= 4 is 48.5 Å². The fourth-order valence-electron chi connectivity index (χ4n) is 2.84. The molecule has 4 nitrogen and oxygen atoms in total. The number of nitrogens with zero attached hydrogens (tertiary/aromatic N) is 3. The number of carbonyl (C=O) groups excluding carboxylic acids is 1. The van der Waals surface area contributed by atoms with Gasteiger partial charge in [-0.05, 0) is 73.2 Å². The average Bonchev–Trinajstić information content (AvgIpc) is 2.99. The molecule has 1 amide bonds. The number of hydrogen-bond acceptors (Lipinski definition) is 4. The first-order valence-corrected chi connectivity index (χ1v) is 10.1.